The van der Waals surface area contributed by atoms with Crippen molar-refractivity contribution < 1.29 is 0 Å². The maximum absolute atomic E-state index is 4.68. The third-order valence-corrected chi connectivity index (χ3v) is 4.90. The molecule has 0 radical (unpaired) electrons. The number of halogens is 1. The molecule has 0 saturated carbocycles. The van der Waals surface area contributed by atoms with Crippen LogP contribution in [0.4, 0.5) is 0 Å². The first-order valence-electron chi connectivity index (χ1n) is 9.06. The predicted molar refractivity (Wildman–Crippen MR) is 113 cm³/mol. The summed E-state index contributed by atoms with van der Waals surface area (Å²) in [6, 6.07) is 14.3. The minimum atomic E-state index is -0.0401. The monoisotopic (exact) mass is 428 g/mol. The van der Waals surface area contributed by atoms with Gasteiger partial charge in [-0.05, 0) is 36.8 Å². The van der Waals surface area contributed by atoms with Crippen molar-refractivity contribution in [1.82, 2.24) is 25.2 Å². The van der Waals surface area contributed by atoms with E-state index in [1.54, 1.807) is 0 Å². The Bertz CT molecular complexity index is 931. The van der Waals surface area contributed by atoms with E-state index in [2.05, 4.69) is 80.7 Å². The molecule has 0 aliphatic heterocycles. The van der Waals surface area contributed by atoms with Crippen molar-refractivity contribution in [2.75, 3.05) is 13.1 Å². The molecule has 0 aliphatic carbocycles. The van der Waals surface area contributed by atoms with Crippen molar-refractivity contribution in [2.24, 2.45) is 4.99 Å². The van der Waals surface area contributed by atoms with Gasteiger partial charge in [-0.1, -0.05) is 48.0 Å². The van der Waals surface area contributed by atoms with Crippen molar-refractivity contribution in [1.29, 1.82) is 0 Å². The van der Waals surface area contributed by atoms with E-state index in [0.29, 0.717) is 6.54 Å². The lowest BCUT2D eigenvalue weighted by atomic mass is 9.85. The average molecular weight is 429 g/mol. The molecule has 0 aliphatic rings. The van der Waals surface area contributed by atoms with Gasteiger partial charge >= 0.3 is 0 Å². The molecule has 0 unspecified atom stereocenters. The summed E-state index contributed by atoms with van der Waals surface area (Å²) in [6.07, 6.45) is 1.96. The van der Waals surface area contributed by atoms with Gasteiger partial charge in [0.15, 0.2) is 17.4 Å². The van der Waals surface area contributed by atoms with Gasteiger partial charge in [0.25, 0.3) is 0 Å². The lowest BCUT2D eigenvalue weighted by molar-refractivity contribution is 0.508. The number of benzene rings is 1. The van der Waals surface area contributed by atoms with Gasteiger partial charge < -0.3 is 10.6 Å². The van der Waals surface area contributed by atoms with E-state index >= 15 is 0 Å². The van der Waals surface area contributed by atoms with Gasteiger partial charge in [0, 0.05) is 29.2 Å². The zero-order chi connectivity index (χ0) is 19.3. The smallest absolute Gasteiger partial charge is 0.191 e. The Morgan fingerprint density at radius 2 is 2.00 bits per heavy atom. The maximum atomic E-state index is 4.68. The highest BCUT2D eigenvalue weighted by molar-refractivity contribution is 9.10. The number of hydrogen-bond donors (Lipinski definition) is 2. The average Bonchev–Trinajstić information content (AvgIpc) is 3.07. The highest BCUT2D eigenvalue weighted by Crippen LogP contribution is 2.25. The Kier molecular flexibility index (Phi) is 6.11. The molecular formula is C20H25BrN6. The third kappa shape index (κ3) is 4.86. The van der Waals surface area contributed by atoms with Gasteiger partial charge in [-0.3, -0.25) is 4.40 Å². The fourth-order valence-electron chi connectivity index (χ4n) is 2.81. The van der Waals surface area contributed by atoms with E-state index < -0.39 is 0 Å². The van der Waals surface area contributed by atoms with Crippen molar-refractivity contribution in [3.8, 4) is 0 Å². The molecule has 142 valence electrons. The Labute approximate surface area is 168 Å². The number of aromatic nitrogens is 3. The van der Waals surface area contributed by atoms with Gasteiger partial charge in [-0.25, -0.2) is 4.99 Å². The van der Waals surface area contributed by atoms with E-state index in [1.165, 1.54) is 5.56 Å². The number of nitrogens with one attached hydrogen (secondary N) is 2. The summed E-state index contributed by atoms with van der Waals surface area (Å²) in [5.74, 6) is 1.59. The highest BCUT2D eigenvalue weighted by atomic mass is 79.9. The van der Waals surface area contributed by atoms with Crippen LogP contribution in [0, 0.1) is 0 Å². The maximum Gasteiger partial charge on any atom is 0.191 e. The quantitative estimate of drug-likeness (QED) is 0.465. The molecule has 2 N–H and O–H groups in total. The van der Waals surface area contributed by atoms with Crippen LogP contribution in [-0.2, 0) is 12.0 Å². The number of nitrogens with zero attached hydrogens (tertiary/aromatic N) is 4. The Morgan fingerprint density at radius 1 is 1.15 bits per heavy atom. The number of guanidine groups is 1. The Hall–Kier alpha value is -2.41. The summed E-state index contributed by atoms with van der Waals surface area (Å²) in [5, 5.41) is 15.2. The third-order valence-electron chi connectivity index (χ3n) is 4.41. The second-order valence-corrected chi connectivity index (χ2v) is 7.90. The van der Waals surface area contributed by atoms with Crippen LogP contribution in [0.1, 0.15) is 32.2 Å². The van der Waals surface area contributed by atoms with Crippen LogP contribution in [-0.4, -0.2) is 33.6 Å². The molecule has 27 heavy (non-hydrogen) atoms. The minimum Gasteiger partial charge on any atom is -0.357 e. The van der Waals surface area contributed by atoms with E-state index in [9.17, 15) is 0 Å². The molecule has 1 aromatic carbocycles. The van der Waals surface area contributed by atoms with Crippen LogP contribution in [0.25, 0.3) is 5.65 Å². The Morgan fingerprint density at radius 3 is 2.78 bits per heavy atom. The number of fused-ring (bicyclic) bond motifs is 1. The predicted octanol–water partition coefficient (Wildman–Crippen LogP) is 3.52. The molecular weight excluding hydrogens is 404 g/mol. The fraction of sp³-hybridized carbons (Fsp3) is 0.350. The lowest BCUT2D eigenvalue weighted by Crippen LogP contribution is -2.43. The van der Waals surface area contributed by atoms with Crippen LogP contribution in [0.15, 0.2) is 58.1 Å². The molecule has 3 aromatic rings. The number of rotatable bonds is 6. The molecule has 0 spiro atoms. The van der Waals surface area contributed by atoms with Crippen molar-refractivity contribution >= 4 is 27.5 Å². The van der Waals surface area contributed by atoms with E-state index in [0.717, 1.165) is 35.0 Å². The molecule has 2 aromatic heterocycles. The van der Waals surface area contributed by atoms with Crippen LogP contribution in [0.3, 0.4) is 0 Å². The molecule has 0 saturated heterocycles. The topological polar surface area (TPSA) is 66.6 Å². The van der Waals surface area contributed by atoms with E-state index in [-0.39, 0.29) is 5.41 Å². The molecule has 2 heterocycles. The SMILES string of the molecule is CCNC(=NCc1nnc2ccccn12)NCC(C)(C)c1cccc(Br)c1. The summed E-state index contributed by atoms with van der Waals surface area (Å²) in [5.41, 5.74) is 2.06. The largest absolute Gasteiger partial charge is 0.357 e. The van der Waals surface area contributed by atoms with Crippen LogP contribution < -0.4 is 10.6 Å². The molecule has 7 heteroatoms. The molecule has 0 amide bonds. The van der Waals surface area contributed by atoms with Gasteiger partial charge in [0.2, 0.25) is 0 Å². The van der Waals surface area contributed by atoms with Crippen LogP contribution in [0.2, 0.25) is 0 Å². The lowest BCUT2D eigenvalue weighted by Gasteiger charge is -2.27. The first kappa shape index (κ1) is 19.4. The van der Waals surface area contributed by atoms with Gasteiger partial charge in [-0.15, -0.1) is 10.2 Å². The molecule has 3 rings (SSSR count). The van der Waals surface area contributed by atoms with Gasteiger partial charge in [-0.2, -0.15) is 0 Å². The molecule has 0 fully saturated rings. The number of pyridine rings is 1. The second-order valence-electron chi connectivity index (χ2n) is 6.99. The van der Waals surface area contributed by atoms with Crippen molar-refractivity contribution in [3.63, 3.8) is 0 Å². The second kappa shape index (κ2) is 8.52. The minimum absolute atomic E-state index is 0.0401. The van der Waals surface area contributed by atoms with Crippen LogP contribution in [0.5, 0.6) is 0 Å². The Balaban J connectivity index is 1.70. The normalized spacial score (nSPS) is 12.4. The summed E-state index contributed by atoms with van der Waals surface area (Å²) in [7, 11) is 0. The van der Waals surface area contributed by atoms with E-state index in [1.807, 2.05) is 34.9 Å². The standard InChI is InChI=1S/C20H25BrN6/c1-4-22-19(23-13-18-26-25-17-10-5-6-11-27(17)18)24-14-20(2,3)15-8-7-9-16(21)12-15/h5-12H,4,13-14H2,1-3H3,(H2,22,23,24). The van der Waals surface area contributed by atoms with E-state index in [4.69, 9.17) is 0 Å². The summed E-state index contributed by atoms with van der Waals surface area (Å²) < 4.78 is 3.05. The highest BCUT2D eigenvalue weighted by Gasteiger charge is 2.21. The number of hydrogen-bond acceptors (Lipinski definition) is 3. The summed E-state index contributed by atoms with van der Waals surface area (Å²) >= 11 is 3.55. The van der Waals surface area contributed by atoms with Gasteiger partial charge in [0.05, 0.1) is 0 Å². The summed E-state index contributed by atoms with van der Waals surface area (Å²) in [4.78, 5) is 4.68. The first-order chi connectivity index (χ1) is 13.0. The summed E-state index contributed by atoms with van der Waals surface area (Å²) in [6.45, 7) is 8.51. The molecule has 0 atom stereocenters. The molecule has 0 bridgehead atoms. The van der Waals surface area contributed by atoms with Gasteiger partial charge in [0.1, 0.15) is 6.54 Å². The number of aliphatic imine (C=N–C) groups is 1. The fourth-order valence-corrected chi connectivity index (χ4v) is 3.21. The first-order valence-corrected chi connectivity index (χ1v) is 9.86. The van der Waals surface area contributed by atoms with Crippen molar-refractivity contribution in [3.05, 3.63) is 64.5 Å². The zero-order valence-corrected chi connectivity index (χ0v) is 17.5. The molecule has 6 nitrogen and oxygen atoms in total. The van der Waals surface area contributed by atoms with Crippen molar-refractivity contribution in [2.45, 2.75) is 32.7 Å². The zero-order valence-electron chi connectivity index (χ0n) is 15.9. The van der Waals surface area contributed by atoms with Crippen LogP contribution >= 0.6 is 15.9 Å².